The zero-order chi connectivity index (χ0) is 24.3. The topological polar surface area (TPSA) is 78.5 Å². The molecule has 0 radical (unpaired) electrons. The molecule has 6 nitrogen and oxygen atoms in total. The third-order valence-electron chi connectivity index (χ3n) is 5.64. The number of hydrogen-bond acceptors (Lipinski definition) is 7. The first-order chi connectivity index (χ1) is 16.7. The minimum atomic E-state index is -0.365. The third kappa shape index (κ3) is 6.04. The highest BCUT2D eigenvalue weighted by Crippen LogP contribution is 2.53. The summed E-state index contributed by atoms with van der Waals surface area (Å²) in [6, 6.07) is 14.5. The normalized spacial score (nSPS) is 12.1. The Hall–Kier alpha value is -2.71. The molecule has 0 spiro atoms. The van der Waals surface area contributed by atoms with E-state index in [1.807, 2.05) is 32.0 Å². The van der Waals surface area contributed by atoms with Gasteiger partial charge < -0.3 is 19.1 Å². The molecule has 0 N–H and O–H groups in total. The van der Waals surface area contributed by atoms with Crippen molar-refractivity contribution in [1.82, 2.24) is 0 Å². The van der Waals surface area contributed by atoms with Gasteiger partial charge in [-0.1, -0.05) is 50.1 Å². The highest BCUT2D eigenvalue weighted by atomic mass is 32.2. The summed E-state index contributed by atoms with van der Waals surface area (Å²) in [5.41, 5.74) is 2.60. The van der Waals surface area contributed by atoms with Crippen LogP contribution in [0.3, 0.4) is 0 Å². The maximum atomic E-state index is 9.98. The average Bonchev–Trinajstić information content (AvgIpc) is 2.85. The number of hydrogen-bond donors (Lipinski definition) is 0. The number of nitriles is 2. The summed E-state index contributed by atoms with van der Waals surface area (Å²) in [6.45, 7) is 8.29. The Balaban J connectivity index is 2.00. The van der Waals surface area contributed by atoms with E-state index < -0.39 is 0 Å². The first kappa shape index (κ1) is 25.9. The van der Waals surface area contributed by atoms with Gasteiger partial charge in [0.25, 0.3) is 0 Å². The number of rotatable bonds is 13. The minimum absolute atomic E-state index is 0.282. The van der Waals surface area contributed by atoms with Crippen molar-refractivity contribution in [3.63, 3.8) is 0 Å². The molecule has 1 aliphatic rings. The number of unbranched alkanes of at least 4 members (excludes halogenated alkanes) is 3. The molecule has 0 bridgehead atoms. The van der Waals surface area contributed by atoms with Gasteiger partial charge in [-0.05, 0) is 38.5 Å². The Morgan fingerprint density at radius 2 is 1.74 bits per heavy atom. The molecule has 0 saturated carbocycles. The molecule has 2 aromatic rings. The highest BCUT2D eigenvalue weighted by molar-refractivity contribution is 7.99. The Bertz CT molecular complexity index is 1040. The van der Waals surface area contributed by atoms with Crippen LogP contribution in [0, 0.1) is 22.7 Å². The number of nitrogens with zero attached hydrogens (tertiary/aromatic N) is 3. The quantitative estimate of drug-likeness (QED) is 0.231. The number of benzene rings is 2. The summed E-state index contributed by atoms with van der Waals surface area (Å²) in [5.74, 6) is 0.473. The lowest BCUT2D eigenvalue weighted by Gasteiger charge is -2.35. The highest BCUT2D eigenvalue weighted by Gasteiger charge is 2.30. The second kappa shape index (κ2) is 13.2. The minimum Gasteiger partial charge on any atom is -0.490 e. The fourth-order valence-electron chi connectivity index (χ4n) is 4.08. The van der Waals surface area contributed by atoms with Crippen molar-refractivity contribution < 1.29 is 14.2 Å². The first-order valence-corrected chi connectivity index (χ1v) is 12.9. The van der Waals surface area contributed by atoms with E-state index in [4.69, 9.17) is 14.2 Å². The molecule has 180 valence electrons. The summed E-state index contributed by atoms with van der Waals surface area (Å²) in [4.78, 5) is 4.33. The van der Waals surface area contributed by atoms with E-state index >= 15 is 0 Å². The first-order valence-electron chi connectivity index (χ1n) is 12.1. The summed E-state index contributed by atoms with van der Waals surface area (Å²) < 4.78 is 17.6. The molecule has 0 fully saturated rings. The summed E-state index contributed by atoms with van der Waals surface area (Å²) >= 11 is 1.62. The van der Waals surface area contributed by atoms with Gasteiger partial charge in [0.1, 0.15) is 17.7 Å². The van der Waals surface area contributed by atoms with Gasteiger partial charge in [0, 0.05) is 36.0 Å². The standard InChI is InChI=1S/C27H33N3O3S/c1-4-7-8-11-15-30-22-12-9-10-13-23(22)34-24-17-20(18-28)21(19-29)27(26(24)30)33-16-14-25(31-5-2)32-6-3/h9-10,12-13,17,25H,4-8,11,14-16H2,1-3H3. The summed E-state index contributed by atoms with van der Waals surface area (Å²) in [5, 5.41) is 19.8. The van der Waals surface area contributed by atoms with E-state index in [0.717, 1.165) is 40.6 Å². The van der Waals surface area contributed by atoms with E-state index in [9.17, 15) is 10.5 Å². The van der Waals surface area contributed by atoms with E-state index in [1.54, 1.807) is 11.8 Å². The van der Waals surface area contributed by atoms with Gasteiger partial charge in [-0.25, -0.2) is 0 Å². The van der Waals surface area contributed by atoms with Crippen LogP contribution in [0.4, 0.5) is 11.4 Å². The van der Waals surface area contributed by atoms with Crippen LogP contribution in [0.25, 0.3) is 0 Å². The predicted molar refractivity (Wildman–Crippen MR) is 135 cm³/mol. The van der Waals surface area contributed by atoms with E-state index in [0.29, 0.717) is 37.6 Å². The summed E-state index contributed by atoms with van der Waals surface area (Å²) in [6.07, 6.45) is 4.69. The molecule has 0 saturated heterocycles. The van der Waals surface area contributed by atoms with Gasteiger partial charge in [-0.15, -0.1) is 0 Å². The van der Waals surface area contributed by atoms with Crippen molar-refractivity contribution in [2.24, 2.45) is 0 Å². The lowest BCUT2D eigenvalue weighted by atomic mass is 10.0. The van der Waals surface area contributed by atoms with Crippen LogP contribution >= 0.6 is 11.8 Å². The van der Waals surface area contributed by atoms with Gasteiger partial charge in [0.05, 0.1) is 23.5 Å². The zero-order valence-corrected chi connectivity index (χ0v) is 21.1. The number of para-hydroxylation sites is 1. The van der Waals surface area contributed by atoms with Crippen molar-refractivity contribution in [3.05, 3.63) is 41.5 Å². The molecule has 0 aromatic heterocycles. The van der Waals surface area contributed by atoms with Gasteiger partial charge in [0.15, 0.2) is 12.0 Å². The predicted octanol–water partition coefficient (Wildman–Crippen LogP) is 6.78. The molecular formula is C27H33N3O3S. The van der Waals surface area contributed by atoms with Gasteiger partial charge >= 0.3 is 0 Å². The second-order valence-electron chi connectivity index (χ2n) is 7.96. The van der Waals surface area contributed by atoms with Gasteiger partial charge in [0.2, 0.25) is 0 Å². The summed E-state index contributed by atoms with van der Waals surface area (Å²) in [7, 11) is 0. The molecule has 0 aliphatic carbocycles. The van der Waals surface area contributed by atoms with E-state index in [2.05, 4.69) is 36.1 Å². The molecular weight excluding hydrogens is 446 g/mol. The van der Waals surface area contributed by atoms with Crippen molar-refractivity contribution in [2.45, 2.75) is 69.0 Å². The molecule has 2 aromatic carbocycles. The van der Waals surface area contributed by atoms with Crippen LogP contribution in [0.1, 0.15) is 64.0 Å². The third-order valence-corrected chi connectivity index (χ3v) is 6.74. The van der Waals surface area contributed by atoms with Crippen LogP contribution in [0.5, 0.6) is 5.75 Å². The van der Waals surface area contributed by atoms with Crippen molar-refractivity contribution in [2.75, 3.05) is 31.3 Å². The average molecular weight is 480 g/mol. The lowest BCUT2D eigenvalue weighted by Crippen LogP contribution is -2.24. The number of anilines is 2. The smallest absolute Gasteiger partial charge is 0.163 e. The van der Waals surface area contributed by atoms with Crippen LogP contribution in [0.15, 0.2) is 40.1 Å². The van der Waals surface area contributed by atoms with E-state index in [-0.39, 0.29) is 11.9 Å². The van der Waals surface area contributed by atoms with Crippen LogP contribution in [-0.4, -0.2) is 32.7 Å². The lowest BCUT2D eigenvalue weighted by molar-refractivity contribution is -0.142. The fourth-order valence-corrected chi connectivity index (χ4v) is 5.22. The van der Waals surface area contributed by atoms with Crippen LogP contribution in [0.2, 0.25) is 0 Å². The Kier molecular flexibility index (Phi) is 10.1. The number of ether oxygens (including phenoxy) is 3. The van der Waals surface area contributed by atoms with Crippen LogP contribution < -0.4 is 9.64 Å². The largest absolute Gasteiger partial charge is 0.490 e. The maximum Gasteiger partial charge on any atom is 0.163 e. The molecule has 0 unspecified atom stereocenters. The van der Waals surface area contributed by atoms with Crippen molar-refractivity contribution in [1.29, 1.82) is 10.5 Å². The molecule has 1 heterocycles. The van der Waals surface area contributed by atoms with Crippen LogP contribution in [-0.2, 0) is 9.47 Å². The molecule has 1 aliphatic heterocycles. The van der Waals surface area contributed by atoms with Crippen molar-refractivity contribution in [3.8, 4) is 17.9 Å². The van der Waals surface area contributed by atoms with E-state index in [1.165, 1.54) is 12.8 Å². The fraction of sp³-hybridized carbons (Fsp3) is 0.481. The molecule has 0 amide bonds. The second-order valence-corrected chi connectivity index (χ2v) is 9.04. The molecule has 0 atom stereocenters. The maximum absolute atomic E-state index is 9.98. The van der Waals surface area contributed by atoms with Gasteiger partial charge in [-0.3, -0.25) is 0 Å². The Morgan fingerprint density at radius 1 is 0.971 bits per heavy atom. The van der Waals surface area contributed by atoms with Crippen molar-refractivity contribution >= 4 is 23.1 Å². The molecule has 3 rings (SSSR count). The Labute approximate surface area is 207 Å². The monoisotopic (exact) mass is 479 g/mol. The molecule has 34 heavy (non-hydrogen) atoms. The Morgan fingerprint density at radius 3 is 2.41 bits per heavy atom. The zero-order valence-electron chi connectivity index (χ0n) is 20.3. The molecule has 7 heteroatoms. The number of fused-ring (bicyclic) bond motifs is 2. The SMILES string of the molecule is CCCCCCN1c2ccccc2Sc2cc(C#N)c(C#N)c(OCCC(OCC)OCC)c21. The van der Waals surface area contributed by atoms with Gasteiger partial charge in [-0.2, -0.15) is 10.5 Å².